The van der Waals surface area contributed by atoms with Crippen LogP contribution in [-0.4, -0.2) is 50.2 Å². The van der Waals surface area contributed by atoms with Crippen LogP contribution in [0.4, 0.5) is 19.0 Å². The molecular weight excluding hydrogens is 309 g/mol. The Labute approximate surface area is 131 Å². The second-order valence-electron chi connectivity index (χ2n) is 5.75. The molecule has 0 amide bonds. The molecule has 0 spiro atoms. The lowest BCUT2D eigenvalue weighted by Crippen LogP contribution is -2.35. The van der Waals surface area contributed by atoms with Crippen LogP contribution in [0.25, 0.3) is 5.78 Å². The van der Waals surface area contributed by atoms with Crippen LogP contribution < -0.4 is 5.32 Å². The van der Waals surface area contributed by atoms with Gasteiger partial charge in [0.05, 0.1) is 0 Å². The van der Waals surface area contributed by atoms with Crippen LogP contribution >= 0.6 is 0 Å². The molecule has 0 aromatic carbocycles. The molecule has 0 bridgehead atoms. The molecular formula is C14H19F3N6. The first kappa shape index (κ1) is 16.0. The average Bonchev–Trinajstić information content (AvgIpc) is 3.16. The molecule has 3 heterocycles. The van der Waals surface area contributed by atoms with Crippen molar-refractivity contribution in [3.05, 3.63) is 18.1 Å². The van der Waals surface area contributed by atoms with Crippen molar-refractivity contribution >= 4 is 11.6 Å². The van der Waals surface area contributed by atoms with Crippen molar-refractivity contribution in [2.24, 2.45) is 0 Å². The number of halogens is 3. The van der Waals surface area contributed by atoms with Gasteiger partial charge in [-0.25, -0.2) is 4.98 Å². The Kier molecular flexibility index (Phi) is 4.38. The predicted octanol–water partition coefficient (Wildman–Crippen LogP) is 2.43. The number of anilines is 1. The zero-order valence-corrected chi connectivity index (χ0v) is 12.8. The molecule has 0 radical (unpaired) electrons. The maximum atomic E-state index is 13.0. The van der Waals surface area contributed by atoms with E-state index in [4.69, 9.17) is 0 Å². The molecule has 1 N–H and O–H groups in total. The maximum Gasteiger partial charge on any atom is 0.433 e. The number of aromatic nitrogens is 4. The number of nitrogens with one attached hydrogen (secondary N) is 1. The van der Waals surface area contributed by atoms with Crippen molar-refractivity contribution in [3.63, 3.8) is 0 Å². The summed E-state index contributed by atoms with van der Waals surface area (Å²) in [5, 5.41) is 7.14. The largest absolute Gasteiger partial charge is 0.433 e. The Bertz CT molecular complexity index is 662. The number of hydrogen-bond donors (Lipinski definition) is 1. The van der Waals surface area contributed by atoms with E-state index in [0.29, 0.717) is 0 Å². The van der Waals surface area contributed by atoms with Gasteiger partial charge in [0.25, 0.3) is 5.78 Å². The van der Waals surface area contributed by atoms with Crippen molar-refractivity contribution in [2.75, 3.05) is 25.0 Å². The van der Waals surface area contributed by atoms with Crippen LogP contribution in [0.15, 0.2) is 12.4 Å². The van der Waals surface area contributed by atoms with E-state index >= 15 is 0 Å². The smallest absolute Gasteiger partial charge is 0.366 e. The maximum absolute atomic E-state index is 13.0. The van der Waals surface area contributed by atoms with Gasteiger partial charge in [-0.1, -0.05) is 6.92 Å². The average molecular weight is 328 g/mol. The summed E-state index contributed by atoms with van der Waals surface area (Å²) >= 11 is 0. The van der Waals surface area contributed by atoms with Gasteiger partial charge in [-0.3, -0.25) is 0 Å². The van der Waals surface area contributed by atoms with Gasteiger partial charge in [0.2, 0.25) is 0 Å². The van der Waals surface area contributed by atoms with Gasteiger partial charge < -0.3 is 10.2 Å². The van der Waals surface area contributed by atoms with E-state index in [1.165, 1.54) is 23.7 Å². The number of alkyl halides is 3. The quantitative estimate of drug-likeness (QED) is 0.913. The number of likely N-dealkylation sites (tertiary alicyclic amines) is 1. The molecule has 23 heavy (non-hydrogen) atoms. The molecule has 6 nitrogen and oxygen atoms in total. The highest BCUT2D eigenvalue weighted by atomic mass is 19.4. The molecule has 1 atom stereocenters. The highest BCUT2D eigenvalue weighted by Crippen LogP contribution is 2.29. The fraction of sp³-hybridized carbons (Fsp3) is 0.643. The Morgan fingerprint density at radius 3 is 2.70 bits per heavy atom. The molecule has 2 aromatic rings. The Morgan fingerprint density at radius 1 is 1.30 bits per heavy atom. The zero-order chi connectivity index (χ0) is 16.4. The standard InChI is InChI=1S/C14H19F3N6/c1-2-10(8-22-5-3-4-6-22)20-12-7-11(14(15,16)17)21-13-18-9-19-23(12)13/h7,9-10,20H,2-6,8H2,1H3/t10-/m0/s1. The summed E-state index contributed by atoms with van der Waals surface area (Å²) in [6, 6.07) is 1.04. The van der Waals surface area contributed by atoms with E-state index < -0.39 is 11.9 Å². The highest BCUT2D eigenvalue weighted by Gasteiger charge is 2.34. The lowest BCUT2D eigenvalue weighted by molar-refractivity contribution is -0.141. The molecule has 1 aliphatic heterocycles. The normalized spacial score (nSPS) is 17.7. The van der Waals surface area contributed by atoms with Gasteiger partial charge in [-0.15, -0.1) is 0 Å². The molecule has 1 saturated heterocycles. The van der Waals surface area contributed by atoms with Gasteiger partial charge in [-0.2, -0.15) is 27.8 Å². The van der Waals surface area contributed by atoms with E-state index in [1.807, 2.05) is 6.92 Å². The fourth-order valence-corrected chi connectivity index (χ4v) is 2.82. The zero-order valence-electron chi connectivity index (χ0n) is 12.8. The Morgan fingerprint density at radius 2 is 2.04 bits per heavy atom. The molecule has 2 aromatic heterocycles. The molecule has 1 aliphatic rings. The summed E-state index contributed by atoms with van der Waals surface area (Å²) in [5.41, 5.74) is -0.962. The van der Waals surface area contributed by atoms with Crippen LogP contribution in [0, 0.1) is 0 Å². The minimum absolute atomic E-state index is 0.0454. The Balaban J connectivity index is 1.86. The van der Waals surface area contributed by atoms with Crippen LogP contribution in [0.5, 0.6) is 0 Å². The van der Waals surface area contributed by atoms with Gasteiger partial charge in [0.15, 0.2) is 5.69 Å². The highest BCUT2D eigenvalue weighted by molar-refractivity contribution is 5.46. The molecule has 0 saturated carbocycles. The fourth-order valence-electron chi connectivity index (χ4n) is 2.82. The first-order valence-electron chi connectivity index (χ1n) is 7.74. The van der Waals surface area contributed by atoms with E-state index in [0.717, 1.165) is 32.1 Å². The SMILES string of the molecule is CC[C@@H](CN1CCCC1)Nc1cc(C(F)(F)F)nc2ncnn12. The monoisotopic (exact) mass is 328 g/mol. The third-order valence-electron chi connectivity index (χ3n) is 4.06. The summed E-state index contributed by atoms with van der Waals surface area (Å²) < 4.78 is 40.3. The van der Waals surface area contributed by atoms with E-state index in [-0.39, 0.29) is 17.6 Å². The molecule has 9 heteroatoms. The molecule has 0 unspecified atom stereocenters. The van der Waals surface area contributed by atoms with Crippen LogP contribution in [0.2, 0.25) is 0 Å². The Hall–Kier alpha value is -1.90. The van der Waals surface area contributed by atoms with Gasteiger partial charge in [0, 0.05) is 18.7 Å². The number of hydrogen-bond acceptors (Lipinski definition) is 5. The van der Waals surface area contributed by atoms with Gasteiger partial charge in [-0.05, 0) is 32.4 Å². The molecule has 0 aliphatic carbocycles. The third kappa shape index (κ3) is 3.54. The summed E-state index contributed by atoms with van der Waals surface area (Å²) in [6.07, 6.45) is -0.152. The van der Waals surface area contributed by atoms with Crippen molar-refractivity contribution < 1.29 is 13.2 Å². The van der Waals surface area contributed by atoms with E-state index in [1.54, 1.807) is 0 Å². The molecule has 1 fully saturated rings. The molecule has 126 valence electrons. The van der Waals surface area contributed by atoms with E-state index in [2.05, 4.69) is 25.3 Å². The summed E-state index contributed by atoms with van der Waals surface area (Å²) in [7, 11) is 0. The number of nitrogens with zero attached hydrogens (tertiary/aromatic N) is 5. The van der Waals surface area contributed by atoms with Crippen LogP contribution in [0.3, 0.4) is 0 Å². The van der Waals surface area contributed by atoms with Crippen LogP contribution in [0.1, 0.15) is 31.9 Å². The second-order valence-corrected chi connectivity index (χ2v) is 5.75. The third-order valence-corrected chi connectivity index (χ3v) is 4.06. The van der Waals surface area contributed by atoms with Gasteiger partial charge >= 0.3 is 6.18 Å². The van der Waals surface area contributed by atoms with E-state index in [9.17, 15) is 13.2 Å². The lowest BCUT2D eigenvalue weighted by Gasteiger charge is -2.24. The van der Waals surface area contributed by atoms with Crippen molar-refractivity contribution in [1.29, 1.82) is 0 Å². The summed E-state index contributed by atoms with van der Waals surface area (Å²) in [5.74, 6) is 0.212. The predicted molar refractivity (Wildman–Crippen MR) is 79.2 cm³/mol. The second kappa shape index (κ2) is 6.31. The van der Waals surface area contributed by atoms with Crippen molar-refractivity contribution in [3.8, 4) is 0 Å². The minimum atomic E-state index is -4.51. The summed E-state index contributed by atoms with van der Waals surface area (Å²) in [6.45, 7) is 4.90. The number of fused-ring (bicyclic) bond motifs is 1. The molecule has 3 rings (SSSR count). The van der Waals surface area contributed by atoms with Crippen LogP contribution in [-0.2, 0) is 6.18 Å². The topological polar surface area (TPSA) is 58.3 Å². The van der Waals surface area contributed by atoms with Crippen molar-refractivity contribution in [1.82, 2.24) is 24.5 Å². The van der Waals surface area contributed by atoms with Gasteiger partial charge in [0.1, 0.15) is 12.1 Å². The summed E-state index contributed by atoms with van der Waals surface area (Å²) in [4.78, 5) is 9.62. The minimum Gasteiger partial charge on any atom is -0.366 e. The lowest BCUT2D eigenvalue weighted by atomic mass is 10.2. The van der Waals surface area contributed by atoms with Crippen molar-refractivity contribution in [2.45, 2.75) is 38.4 Å². The first-order valence-corrected chi connectivity index (χ1v) is 7.74. The first-order chi connectivity index (χ1) is 11.0. The number of rotatable bonds is 5.